The Labute approximate surface area is 86.9 Å². The van der Waals surface area contributed by atoms with Crippen molar-refractivity contribution in [3.05, 3.63) is 35.4 Å². The molecule has 0 radical (unpaired) electrons. The summed E-state index contributed by atoms with van der Waals surface area (Å²) in [6.45, 7) is 0. The maximum atomic E-state index is 12.1. The average Bonchev–Trinajstić information content (AvgIpc) is 2.13. The van der Waals surface area contributed by atoms with E-state index in [0.29, 0.717) is 12.1 Å². The SMILES string of the molecule is FC(F)(F)C#Cc1ccc(C(F)(F)F)cc1. The molecule has 0 amide bonds. The van der Waals surface area contributed by atoms with E-state index in [0.717, 1.165) is 18.1 Å². The second kappa shape index (κ2) is 4.08. The van der Waals surface area contributed by atoms with Crippen molar-refractivity contribution in [3.8, 4) is 11.8 Å². The molecule has 1 aromatic carbocycles. The standard InChI is InChI=1S/C10H4F6/c11-9(12,13)6-5-7-1-3-8(4-2-7)10(14,15)16/h1-4H. The highest BCUT2D eigenvalue weighted by Crippen LogP contribution is 2.28. The monoisotopic (exact) mass is 238 g/mol. The smallest absolute Gasteiger partial charge is 0.166 e. The van der Waals surface area contributed by atoms with Crippen LogP contribution >= 0.6 is 0 Å². The maximum Gasteiger partial charge on any atom is 0.458 e. The summed E-state index contributed by atoms with van der Waals surface area (Å²) < 4.78 is 71.2. The van der Waals surface area contributed by atoms with Gasteiger partial charge in [-0.25, -0.2) is 0 Å². The zero-order valence-corrected chi connectivity index (χ0v) is 7.58. The summed E-state index contributed by atoms with van der Waals surface area (Å²) >= 11 is 0. The van der Waals surface area contributed by atoms with Crippen LogP contribution in [-0.2, 0) is 6.18 Å². The average molecular weight is 238 g/mol. The van der Waals surface area contributed by atoms with Crippen LogP contribution in [0.5, 0.6) is 0 Å². The Hall–Kier alpha value is -1.64. The fraction of sp³-hybridized carbons (Fsp3) is 0.200. The molecule has 0 atom stereocenters. The van der Waals surface area contributed by atoms with Crippen molar-refractivity contribution >= 4 is 0 Å². The maximum absolute atomic E-state index is 12.1. The molecule has 0 N–H and O–H groups in total. The Morgan fingerprint density at radius 1 is 0.812 bits per heavy atom. The third kappa shape index (κ3) is 3.85. The van der Waals surface area contributed by atoms with E-state index in [1.165, 1.54) is 0 Å². The van der Waals surface area contributed by atoms with Crippen molar-refractivity contribution in [2.75, 3.05) is 0 Å². The van der Waals surface area contributed by atoms with Crippen LogP contribution in [0.2, 0.25) is 0 Å². The minimum atomic E-state index is -4.65. The van der Waals surface area contributed by atoms with Gasteiger partial charge in [0, 0.05) is 11.5 Å². The molecule has 0 spiro atoms. The molecule has 1 rings (SSSR count). The predicted octanol–water partition coefficient (Wildman–Crippen LogP) is 3.62. The molecule has 0 aliphatic carbocycles. The largest absolute Gasteiger partial charge is 0.458 e. The van der Waals surface area contributed by atoms with Crippen molar-refractivity contribution < 1.29 is 26.3 Å². The van der Waals surface area contributed by atoms with Gasteiger partial charge in [-0.3, -0.25) is 0 Å². The number of halogens is 6. The van der Waals surface area contributed by atoms with Gasteiger partial charge in [0.15, 0.2) is 0 Å². The minimum absolute atomic E-state index is 0.120. The van der Waals surface area contributed by atoms with E-state index in [4.69, 9.17) is 0 Å². The summed E-state index contributed by atoms with van der Waals surface area (Å²) in [6, 6.07) is 3.14. The molecular weight excluding hydrogens is 234 g/mol. The first-order valence-corrected chi connectivity index (χ1v) is 3.96. The molecule has 1 aromatic rings. The van der Waals surface area contributed by atoms with E-state index < -0.39 is 17.9 Å². The topological polar surface area (TPSA) is 0 Å². The van der Waals surface area contributed by atoms with Crippen molar-refractivity contribution in [2.24, 2.45) is 0 Å². The van der Waals surface area contributed by atoms with Crippen LogP contribution in [0.3, 0.4) is 0 Å². The molecular formula is C10H4F6. The Morgan fingerprint density at radius 2 is 1.31 bits per heavy atom. The molecule has 0 bridgehead atoms. The summed E-state index contributed by atoms with van der Waals surface area (Å²) in [5.74, 6) is 2.69. The predicted molar refractivity (Wildman–Crippen MR) is 44.4 cm³/mol. The molecule has 0 nitrogen and oxygen atoms in total. The summed E-state index contributed by atoms with van der Waals surface area (Å²) in [6.07, 6.45) is -9.15. The van der Waals surface area contributed by atoms with Crippen molar-refractivity contribution in [1.29, 1.82) is 0 Å². The van der Waals surface area contributed by atoms with Crippen LogP contribution in [-0.4, -0.2) is 6.18 Å². The first kappa shape index (κ1) is 12.4. The molecule has 0 aliphatic heterocycles. The van der Waals surface area contributed by atoms with Gasteiger partial charge in [-0.05, 0) is 24.3 Å². The summed E-state index contributed by atoms with van der Waals surface area (Å²) in [7, 11) is 0. The van der Waals surface area contributed by atoms with E-state index in [1.807, 2.05) is 0 Å². The lowest BCUT2D eigenvalue weighted by atomic mass is 10.1. The Morgan fingerprint density at radius 3 is 1.69 bits per heavy atom. The van der Waals surface area contributed by atoms with Crippen LogP contribution in [0.1, 0.15) is 11.1 Å². The van der Waals surface area contributed by atoms with Gasteiger partial charge in [-0.15, -0.1) is 0 Å². The van der Waals surface area contributed by atoms with Crippen LogP contribution in [0.15, 0.2) is 24.3 Å². The van der Waals surface area contributed by atoms with Gasteiger partial charge in [0.05, 0.1) is 5.56 Å². The first-order chi connectivity index (χ1) is 7.18. The van der Waals surface area contributed by atoms with Crippen LogP contribution in [0.25, 0.3) is 0 Å². The molecule has 0 fully saturated rings. The molecule has 6 heteroatoms. The van der Waals surface area contributed by atoms with E-state index in [9.17, 15) is 26.3 Å². The van der Waals surface area contributed by atoms with Gasteiger partial charge in [0.2, 0.25) is 0 Å². The number of benzene rings is 1. The van der Waals surface area contributed by atoms with Gasteiger partial charge >= 0.3 is 12.4 Å². The lowest BCUT2D eigenvalue weighted by molar-refractivity contribution is -0.137. The van der Waals surface area contributed by atoms with Gasteiger partial charge in [-0.2, -0.15) is 26.3 Å². The highest BCUT2D eigenvalue weighted by molar-refractivity contribution is 5.37. The third-order valence-electron chi connectivity index (χ3n) is 1.56. The van der Waals surface area contributed by atoms with Gasteiger partial charge < -0.3 is 0 Å². The lowest BCUT2D eigenvalue weighted by Crippen LogP contribution is -2.04. The third-order valence-corrected chi connectivity index (χ3v) is 1.56. The molecule has 0 saturated carbocycles. The summed E-state index contributed by atoms with van der Waals surface area (Å²) in [5, 5.41) is 0. The quantitative estimate of drug-likeness (QED) is 0.478. The van der Waals surface area contributed by atoms with Gasteiger partial charge in [0.1, 0.15) is 0 Å². The van der Waals surface area contributed by atoms with Crippen LogP contribution in [0, 0.1) is 11.8 Å². The molecule has 16 heavy (non-hydrogen) atoms. The first-order valence-electron chi connectivity index (χ1n) is 3.96. The Balaban J connectivity index is 2.91. The molecule has 0 aliphatic rings. The summed E-state index contributed by atoms with van der Waals surface area (Å²) in [4.78, 5) is 0. The highest BCUT2D eigenvalue weighted by atomic mass is 19.4. The highest BCUT2D eigenvalue weighted by Gasteiger charge is 2.29. The number of rotatable bonds is 0. The molecule has 0 heterocycles. The summed E-state index contributed by atoms with van der Waals surface area (Å²) in [5.41, 5.74) is -1.05. The Bertz CT molecular complexity index is 412. The fourth-order valence-electron chi connectivity index (χ4n) is 0.886. The minimum Gasteiger partial charge on any atom is -0.166 e. The Kier molecular flexibility index (Phi) is 3.17. The van der Waals surface area contributed by atoms with Crippen molar-refractivity contribution in [2.45, 2.75) is 12.4 Å². The van der Waals surface area contributed by atoms with E-state index in [1.54, 1.807) is 5.92 Å². The van der Waals surface area contributed by atoms with Crippen LogP contribution in [0.4, 0.5) is 26.3 Å². The number of alkyl halides is 6. The van der Waals surface area contributed by atoms with Crippen molar-refractivity contribution in [3.63, 3.8) is 0 Å². The number of hydrogen-bond acceptors (Lipinski definition) is 0. The number of hydrogen-bond donors (Lipinski definition) is 0. The zero-order valence-electron chi connectivity index (χ0n) is 7.58. The van der Waals surface area contributed by atoms with Crippen molar-refractivity contribution in [1.82, 2.24) is 0 Å². The molecule has 0 saturated heterocycles. The van der Waals surface area contributed by atoms with Crippen LogP contribution < -0.4 is 0 Å². The van der Waals surface area contributed by atoms with Gasteiger partial charge in [0.25, 0.3) is 0 Å². The molecule has 0 aromatic heterocycles. The normalized spacial score (nSPS) is 11.9. The molecule has 86 valence electrons. The fourth-order valence-corrected chi connectivity index (χ4v) is 0.886. The zero-order chi connectivity index (χ0) is 12.4. The second-order valence-corrected chi connectivity index (χ2v) is 2.82. The second-order valence-electron chi connectivity index (χ2n) is 2.82. The molecule has 0 unspecified atom stereocenters. The van der Waals surface area contributed by atoms with E-state index in [2.05, 4.69) is 0 Å². The van der Waals surface area contributed by atoms with E-state index >= 15 is 0 Å². The lowest BCUT2D eigenvalue weighted by Gasteiger charge is -2.05. The van der Waals surface area contributed by atoms with E-state index in [-0.39, 0.29) is 5.56 Å². The van der Waals surface area contributed by atoms with Gasteiger partial charge in [-0.1, -0.05) is 5.92 Å².